The molecule has 2 heterocycles. The second-order valence-electron chi connectivity index (χ2n) is 6.07. The molecule has 0 saturated carbocycles. The third-order valence-electron chi connectivity index (χ3n) is 4.59. The van der Waals surface area contributed by atoms with Gasteiger partial charge in [0, 0.05) is 11.6 Å². The highest BCUT2D eigenvalue weighted by Crippen LogP contribution is 2.36. The van der Waals surface area contributed by atoms with Crippen LogP contribution in [0.25, 0.3) is 0 Å². The van der Waals surface area contributed by atoms with Gasteiger partial charge in [-0.05, 0) is 56.8 Å². The SMILES string of the molecule is CC1(C(=O)N2CCCC2c2cccc(Cl)c2)CCCN1. The maximum atomic E-state index is 12.9. The molecule has 0 radical (unpaired) electrons. The molecule has 0 aromatic heterocycles. The third kappa shape index (κ3) is 2.45. The van der Waals surface area contributed by atoms with Crippen molar-refractivity contribution >= 4 is 17.5 Å². The van der Waals surface area contributed by atoms with Crippen molar-refractivity contribution in [2.45, 2.75) is 44.2 Å². The molecule has 2 aliphatic heterocycles. The topological polar surface area (TPSA) is 32.3 Å². The fraction of sp³-hybridized carbons (Fsp3) is 0.562. The van der Waals surface area contributed by atoms with Crippen molar-refractivity contribution in [1.29, 1.82) is 0 Å². The zero-order valence-electron chi connectivity index (χ0n) is 11.9. The van der Waals surface area contributed by atoms with E-state index in [1.165, 1.54) is 0 Å². The molecule has 2 aliphatic rings. The maximum Gasteiger partial charge on any atom is 0.243 e. The molecule has 1 aromatic carbocycles. The van der Waals surface area contributed by atoms with Crippen LogP contribution in [0.3, 0.4) is 0 Å². The second kappa shape index (κ2) is 5.38. The summed E-state index contributed by atoms with van der Waals surface area (Å²) in [5, 5.41) is 4.12. The van der Waals surface area contributed by atoms with E-state index in [1.807, 2.05) is 30.0 Å². The Hall–Kier alpha value is -1.06. The lowest BCUT2D eigenvalue weighted by Gasteiger charge is -2.33. The van der Waals surface area contributed by atoms with Gasteiger partial charge in [0.1, 0.15) is 0 Å². The molecule has 1 amide bonds. The van der Waals surface area contributed by atoms with Gasteiger partial charge in [0.15, 0.2) is 0 Å². The average Bonchev–Trinajstić information content (AvgIpc) is 3.07. The van der Waals surface area contributed by atoms with E-state index in [4.69, 9.17) is 11.6 Å². The number of amides is 1. The number of carbonyl (C=O) groups is 1. The summed E-state index contributed by atoms with van der Waals surface area (Å²) in [4.78, 5) is 14.9. The molecule has 1 N–H and O–H groups in total. The first-order valence-electron chi connectivity index (χ1n) is 7.42. The molecular formula is C16H21ClN2O. The number of carbonyl (C=O) groups excluding carboxylic acids is 1. The van der Waals surface area contributed by atoms with E-state index in [1.54, 1.807) is 0 Å². The minimum atomic E-state index is -0.374. The van der Waals surface area contributed by atoms with Gasteiger partial charge in [0.25, 0.3) is 0 Å². The number of hydrogen-bond acceptors (Lipinski definition) is 2. The van der Waals surface area contributed by atoms with Gasteiger partial charge in [0.2, 0.25) is 5.91 Å². The first-order chi connectivity index (χ1) is 9.60. The van der Waals surface area contributed by atoms with Crippen LogP contribution in [0.15, 0.2) is 24.3 Å². The first-order valence-corrected chi connectivity index (χ1v) is 7.79. The molecule has 0 aliphatic carbocycles. The molecule has 4 heteroatoms. The van der Waals surface area contributed by atoms with Crippen LogP contribution in [-0.4, -0.2) is 29.4 Å². The Balaban J connectivity index is 1.84. The zero-order chi connectivity index (χ0) is 14.2. The smallest absolute Gasteiger partial charge is 0.243 e. The Morgan fingerprint density at radius 2 is 2.30 bits per heavy atom. The summed E-state index contributed by atoms with van der Waals surface area (Å²) in [5.74, 6) is 0.248. The van der Waals surface area contributed by atoms with Gasteiger partial charge in [-0.25, -0.2) is 0 Å². The van der Waals surface area contributed by atoms with E-state index in [2.05, 4.69) is 11.4 Å². The summed E-state index contributed by atoms with van der Waals surface area (Å²) >= 11 is 6.09. The monoisotopic (exact) mass is 292 g/mol. The van der Waals surface area contributed by atoms with Crippen molar-refractivity contribution in [3.63, 3.8) is 0 Å². The standard InChI is InChI=1S/C16H21ClN2O/c1-16(8-4-9-18-16)15(20)19-10-3-7-14(19)12-5-2-6-13(17)11-12/h2,5-6,11,14,18H,3-4,7-10H2,1H3. The lowest BCUT2D eigenvalue weighted by molar-refractivity contribution is -0.138. The van der Waals surface area contributed by atoms with Crippen LogP contribution in [0.2, 0.25) is 5.02 Å². The lowest BCUT2D eigenvalue weighted by atomic mass is 9.96. The highest BCUT2D eigenvalue weighted by Gasteiger charge is 2.42. The van der Waals surface area contributed by atoms with Crippen LogP contribution < -0.4 is 5.32 Å². The van der Waals surface area contributed by atoms with Gasteiger partial charge in [-0.2, -0.15) is 0 Å². The van der Waals surface area contributed by atoms with Crippen molar-refractivity contribution in [2.75, 3.05) is 13.1 Å². The number of benzene rings is 1. The van der Waals surface area contributed by atoms with Crippen LogP contribution in [0.5, 0.6) is 0 Å². The number of likely N-dealkylation sites (tertiary alicyclic amines) is 1. The zero-order valence-corrected chi connectivity index (χ0v) is 12.6. The average molecular weight is 293 g/mol. The molecule has 3 rings (SSSR count). The summed E-state index contributed by atoms with van der Waals surface area (Å²) in [6.45, 7) is 3.83. The molecule has 20 heavy (non-hydrogen) atoms. The molecule has 2 unspecified atom stereocenters. The highest BCUT2D eigenvalue weighted by atomic mass is 35.5. The van der Waals surface area contributed by atoms with Crippen molar-refractivity contribution in [2.24, 2.45) is 0 Å². The lowest BCUT2D eigenvalue weighted by Crippen LogP contribution is -2.52. The highest BCUT2D eigenvalue weighted by molar-refractivity contribution is 6.30. The van der Waals surface area contributed by atoms with E-state index in [-0.39, 0.29) is 17.5 Å². The molecule has 3 nitrogen and oxygen atoms in total. The van der Waals surface area contributed by atoms with Crippen molar-refractivity contribution in [3.8, 4) is 0 Å². The molecule has 0 spiro atoms. The van der Waals surface area contributed by atoms with Gasteiger partial charge < -0.3 is 10.2 Å². The van der Waals surface area contributed by atoms with Crippen molar-refractivity contribution < 1.29 is 4.79 Å². The summed E-state index contributed by atoms with van der Waals surface area (Å²) in [6.07, 6.45) is 4.11. The molecule has 0 bridgehead atoms. The van der Waals surface area contributed by atoms with Crippen LogP contribution >= 0.6 is 11.6 Å². The Morgan fingerprint density at radius 1 is 1.45 bits per heavy atom. The summed E-state index contributed by atoms with van der Waals surface area (Å²) in [5.41, 5.74) is 0.784. The van der Waals surface area contributed by atoms with Crippen molar-refractivity contribution in [1.82, 2.24) is 10.2 Å². The predicted molar refractivity (Wildman–Crippen MR) is 80.8 cm³/mol. The van der Waals surface area contributed by atoms with Crippen molar-refractivity contribution in [3.05, 3.63) is 34.9 Å². The minimum Gasteiger partial charge on any atom is -0.334 e. The van der Waals surface area contributed by atoms with E-state index >= 15 is 0 Å². The Morgan fingerprint density at radius 3 is 3.00 bits per heavy atom. The van der Waals surface area contributed by atoms with Gasteiger partial charge in [-0.3, -0.25) is 4.79 Å². The van der Waals surface area contributed by atoms with E-state index in [9.17, 15) is 4.79 Å². The Bertz CT molecular complexity index is 511. The minimum absolute atomic E-state index is 0.181. The number of rotatable bonds is 2. The van der Waals surface area contributed by atoms with E-state index in [0.29, 0.717) is 0 Å². The van der Waals surface area contributed by atoms with Crippen LogP contribution in [0.1, 0.15) is 44.2 Å². The van der Waals surface area contributed by atoms with Gasteiger partial charge in [-0.1, -0.05) is 23.7 Å². The van der Waals surface area contributed by atoms with E-state index < -0.39 is 0 Å². The second-order valence-corrected chi connectivity index (χ2v) is 6.51. The molecule has 1 aromatic rings. The molecular weight excluding hydrogens is 272 g/mol. The fourth-order valence-electron chi connectivity index (χ4n) is 3.46. The number of nitrogens with zero attached hydrogens (tertiary/aromatic N) is 1. The van der Waals surface area contributed by atoms with Crippen LogP contribution in [0.4, 0.5) is 0 Å². The van der Waals surface area contributed by atoms with Crippen LogP contribution in [0, 0.1) is 0 Å². The van der Waals surface area contributed by atoms with Gasteiger partial charge >= 0.3 is 0 Å². The molecule has 2 fully saturated rings. The predicted octanol–water partition coefficient (Wildman–Crippen LogP) is 3.15. The van der Waals surface area contributed by atoms with Gasteiger partial charge in [0.05, 0.1) is 11.6 Å². The number of hydrogen-bond donors (Lipinski definition) is 1. The largest absolute Gasteiger partial charge is 0.334 e. The summed E-state index contributed by atoms with van der Waals surface area (Å²) < 4.78 is 0. The molecule has 2 atom stereocenters. The normalized spacial score (nSPS) is 29.9. The van der Waals surface area contributed by atoms with Crippen LogP contribution in [-0.2, 0) is 4.79 Å². The summed E-state index contributed by atoms with van der Waals surface area (Å²) in [7, 11) is 0. The maximum absolute atomic E-state index is 12.9. The quantitative estimate of drug-likeness (QED) is 0.908. The Kier molecular flexibility index (Phi) is 3.74. The molecule has 108 valence electrons. The van der Waals surface area contributed by atoms with E-state index in [0.717, 1.165) is 49.4 Å². The summed E-state index contributed by atoms with van der Waals surface area (Å²) in [6, 6.07) is 8.09. The van der Waals surface area contributed by atoms with Gasteiger partial charge in [-0.15, -0.1) is 0 Å². The Labute approximate surface area is 125 Å². The number of halogens is 1. The molecule has 2 saturated heterocycles. The fourth-order valence-corrected chi connectivity index (χ4v) is 3.66. The number of nitrogens with one attached hydrogen (secondary N) is 1. The third-order valence-corrected chi connectivity index (χ3v) is 4.82. The first kappa shape index (κ1) is 13.9.